The van der Waals surface area contributed by atoms with Crippen molar-refractivity contribution in [3.8, 4) is 0 Å². The Morgan fingerprint density at radius 2 is 1.09 bits per heavy atom. The van der Waals surface area contributed by atoms with Crippen molar-refractivity contribution in [2.24, 2.45) is 17.4 Å². The topological polar surface area (TPSA) is 702 Å². The van der Waals surface area contributed by atoms with Crippen LogP contribution in [0.5, 0.6) is 0 Å². The Hall–Kier alpha value is -12.7. The highest BCUT2D eigenvalue weighted by molar-refractivity contribution is 6.05. The average Bonchev–Trinajstić information content (AvgIpc) is 1.72. The number of H-pyrrole nitrogens is 1. The van der Waals surface area contributed by atoms with E-state index in [-0.39, 0.29) is 37.1 Å². The summed E-state index contributed by atoms with van der Waals surface area (Å²) in [5.41, 5.74) is 18.1. The second kappa shape index (κ2) is 47.6. The number of carbonyl (C=O) groups is 20. The summed E-state index contributed by atoms with van der Waals surface area (Å²) in [6.45, 7) is 1.11. The van der Waals surface area contributed by atoms with Crippen LogP contribution in [0.2, 0.25) is 0 Å². The molecule has 13 atom stereocenters. The molecule has 3 aromatic rings. The SMILES string of the molecule is CCCCCCCCCC(=O)N[C@@H](Cc1c[nH]c2ccccc12)C(=O)N[C@H](CC(N)=O)C(=O)N[C@@H](CC(=O)O)C(=O)N[C@@H]1C(=O)NCC(=O)N[C@@H](CCCN)C(=O)N[C@@H](CC(=O)O)C(=O)N[C@H](C)C(=O)NC(CC(=O)O)C(=O)NCC(=O)NC(CO)C(=O)NC([C@@H](C)CC(=O)O)C(=O)N[C@@H](CC(=O)c2ccccc2N)C(=O)O[C@@H]1C. The first-order valence-electron chi connectivity index (χ1n) is 36.8. The maximum absolute atomic E-state index is 14.8. The number of fused-ring (bicyclic) bond motifs is 1. The molecule has 1 fully saturated rings. The summed E-state index contributed by atoms with van der Waals surface area (Å²) in [7, 11) is 0. The van der Waals surface area contributed by atoms with Crippen molar-refractivity contribution >= 4 is 135 Å². The minimum atomic E-state index is -2.45. The van der Waals surface area contributed by atoms with Gasteiger partial charge >= 0.3 is 29.8 Å². The number of unbranched alkanes of at least 4 members (excludes halogenated alkanes) is 6. The van der Waals surface area contributed by atoms with Crippen LogP contribution in [0.3, 0.4) is 0 Å². The summed E-state index contributed by atoms with van der Waals surface area (Å²) in [5, 5.41) is 78.7. The van der Waals surface area contributed by atoms with Crippen molar-refractivity contribution < 1.29 is 126 Å². The molecule has 0 saturated carbocycles. The number of para-hydroxylation sites is 2. The van der Waals surface area contributed by atoms with Gasteiger partial charge < -0.3 is 122 Å². The van der Waals surface area contributed by atoms with Crippen molar-refractivity contribution in [3.63, 3.8) is 0 Å². The van der Waals surface area contributed by atoms with Crippen LogP contribution in [0, 0.1) is 5.92 Å². The molecule has 43 nitrogen and oxygen atoms in total. The summed E-state index contributed by atoms with van der Waals surface area (Å²) in [4.78, 5) is 276. The minimum absolute atomic E-state index is 0.0186. The molecular formula is C72H101N17O26. The smallest absolute Gasteiger partial charge is 0.329 e. The van der Waals surface area contributed by atoms with Crippen LogP contribution in [-0.2, 0) is 102 Å². The molecule has 2 heterocycles. The lowest BCUT2D eigenvalue weighted by Crippen LogP contribution is -2.62. The number of Topliss-reactive ketones (excluding diaryl/α,β-unsaturated/α-hetero) is 1. The summed E-state index contributed by atoms with van der Waals surface area (Å²) >= 11 is 0. The van der Waals surface area contributed by atoms with Gasteiger partial charge in [0.25, 0.3) is 0 Å². The van der Waals surface area contributed by atoms with Gasteiger partial charge in [0.2, 0.25) is 82.7 Å². The summed E-state index contributed by atoms with van der Waals surface area (Å²) in [6, 6.07) is -10.5. The van der Waals surface area contributed by atoms with E-state index in [4.69, 9.17) is 21.9 Å². The average molecular weight is 1620 g/mol. The molecule has 115 heavy (non-hydrogen) atoms. The summed E-state index contributed by atoms with van der Waals surface area (Å²) < 4.78 is 5.68. The maximum Gasteiger partial charge on any atom is 0.329 e. The number of ketones is 1. The molecule has 1 aliphatic rings. The number of carboxylic acid groups (broad SMARTS) is 4. The van der Waals surface area contributed by atoms with Gasteiger partial charge in [0.15, 0.2) is 5.78 Å². The van der Waals surface area contributed by atoms with E-state index in [1.165, 1.54) is 24.3 Å². The Morgan fingerprint density at radius 3 is 1.69 bits per heavy atom. The molecule has 1 aliphatic heterocycles. The highest BCUT2D eigenvalue weighted by Gasteiger charge is 2.41. The van der Waals surface area contributed by atoms with Crippen LogP contribution in [-0.4, -0.2) is 248 Å². The number of nitrogens with two attached hydrogens (primary N) is 3. The molecule has 2 aromatic carbocycles. The number of primary amides is 1. The number of aliphatic hydroxyl groups excluding tert-OH is 1. The van der Waals surface area contributed by atoms with E-state index < -0.39 is 261 Å². The molecule has 630 valence electrons. The van der Waals surface area contributed by atoms with Gasteiger partial charge in [-0.15, -0.1) is 0 Å². The number of aliphatic carboxylic acids is 4. The number of hydrogen-bond acceptors (Lipinski definition) is 24. The Balaban J connectivity index is 1.87. The van der Waals surface area contributed by atoms with Gasteiger partial charge in [0.1, 0.15) is 72.6 Å². The van der Waals surface area contributed by atoms with E-state index in [0.29, 0.717) is 29.3 Å². The number of amides is 14. The fourth-order valence-corrected chi connectivity index (χ4v) is 11.7. The summed E-state index contributed by atoms with van der Waals surface area (Å²) in [5.74, 6) is -29.7. The number of carbonyl (C=O) groups excluding carboxylic acids is 16. The van der Waals surface area contributed by atoms with Crippen molar-refractivity contribution in [1.82, 2.24) is 74.1 Å². The van der Waals surface area contributed by atoms with Crippen molar-refractivity contribution in [2.75, 3.05) is 32.0 Å². The third kappa shape index (κ3) is 32.5. The Bertz CT molecular complexity index is 4040. The van der Waals surface area contributed by atoms with Crippen molar-refractivity contribution in [3.05, 3.63) is 65.9 Å². The number of aliphatic hydroxyl groups is 1. The van der Waals surface area contributed by atoms with Crippen LogP contribution in [0.4, 0.5) is 5.69 Å². The van der Waals surface area contributed by atoms with Gasteiger partial charge in [-0.2, -0.15) is 0 Å². The zero-order valence-electron chi connectivity index (χ0n) is 63.6. The Morgan fingerprint density at radius 1 is 0.548 bits per heavy atom. The largest absolute Gasteiger partial charge is 0.481 e. The van der Waals surface area contributed by atoms with Crippen LogP contribution < -0.4 is 86.3 Å². The van der Waals surface area contributed by atoms with E-state index in [9.17, 15) is 121 Å². The number of benzene rings is 2. The molecule has 0 bridgehead atoms. The maximum atomic E-state index is 14.8. The van der Waals surface area contributed by atoms with Gasteiger partial charge in [0, 0.05) is 47.6 Å². The van der Waals surface area contributed by atoms with E-state index in [1.807, 2.05) is 16.0 Å². The number of aromatic amines is 1. The molecule has 1 aromatic heterocycles. The quantitative estimate of drug-likeness (QED) is 0.0113. The molecule has 43 heteroatoms. The van der Waals surface area contributed by atoms with Crippen LogP contribution >= 0.6 is 0 Å². The van der Waals surface area contributed by atoms with Crippen LogP contribution in [0.25, 0.3) is 10.9 Å². The molecule has 3 unspecified atom stereocenters. The van der Waals surface area contributed by atoms with E-state index in [2.05, 4.69) is 65.1 Å². The fourth-order valence-electron chi connectivity index (χ4n) is 11.7. The number of anilines is 1. The number of hydrogen-bond donors (Lipinski definition) is 22. The van der Waals surface area contributed by atoms with E-state index >= 15 is 0 Å². The lowest BCUT2D eigenvalue weighted by molar-refractivity contribution is -0.156. The molecule has 0 radical (unpaired) electrons. The van der Waals surface area contributed by atoms with Crippen LogP contribution in [0.1, 0.15) is 146 Å². The lowest BCUT2D eigenvalue weighted by Gasteiger charge is -2.30. The third-order valence-corrected chi connectivity index (χ3v) is 17.9. The van der Waals surface area contributed by atoms with Gasteiger partial charge in [-0.05, 0) is 69.3 Å². The molecule has 0 spiro atoms. The molecule has 1 saturated heterocycles. The van der Waals surface area contributed by atoms with Crippen molar-refractivity contribution in [1.29, 1.82) is 0 Å². The number of ether oxygens (including phenoxy) is 1. The Kier molecular flexibility index (Phi) is 39.2. The van der Waals surface area contributed by atoms with E-state index in [1.54, 1.807) is 30.5 Å². The zero-order chi connectivity index (χ0) is 85.8. The summed E-state index contributed by atoms with van der Waals surface area (Å²) in [6.07, 6.45) is -2.33. The predicted octanol–water partition coefficient (Wildman–Crippen LogP) is -5.62. The number of cyclic esters (lactones) is 1. The van der Waals surface area contributed by atoms with Gasteiger partial charge in [0.05, 0.1) is 51.8 Å². The monoisotopic (exact) mass is 1620 g/mol. The fraction of sp³-hybridized carbons (Fsp3) is 0.528. The first kappa shape index (κ1) is 94.7. The standard InChI is InChI=1S/C72H101N17O26/c1-5-6-7-8-9-10-11-22-53(93)81-44(25-38-31-76-42-20-15-13-17-39(38)42)66(108)84-45(27-52(75)92)67(109)86-48(30-59(102)103)68(110)89-61-37(4)115-72(114)49(26-51(91)40-18-12-14-19-41(40)74)87-71(113)60(35(2)24-56(96)97)88-69(111)50(34-90)82-55(95)32-77-63(105)46(28-57(98)99)83-62(104)36(3)79-65(107)47(29-58(100)101)85-64(106)43(21-16-23-73)80-54(94)33-78-70(61)112/h12-15,17-20,31,35-37,43-50,60-61,76,90H,5-11,16,21-30,32-34,73-74H2,1-4H3,(H2,75,92)(H,77,105)(H,78,112)(H,79,107)(H,80,94)(H,81,93)(H,82,95)(H,83,104)(H,84,108)(H,85,106)(H,86,109)(H,87,113)(H,88,111)(H,89,110)(H,96,97)(H,98,99)(H,100,101)(H,102,103)/t35-,36+,37+,43-,44-,45+,46?,47-,48-,49-,50?,60?,61-/m0/s1. The van der Waals surface area contributed by atoms with Crippen molar-refractivity contribution in [2.45, 2.75) is 209 Å². The highest BCUT2D eigenvalue weighted by atomic mass is 16.5. The number of carboxylic acids is 4. The molecular weight excluding hydrogens is 1520 g/mol. The second-order valence-electron chi connectivity index (χ2n) is 27.2. The number of esters is 1. The lowest BCUT2D eigenvalue weighted by atomic mass is 9.96. The van der Waals surface area contributed by atoms with Gasteiger partial charge in [-0.3, -0.25) is 91.1 Å². The number of nitrogen functional groups attached to an aromatic ring is 1. The number of nitrogens with one attached hydrogen (secondary N) is 14. The first-order chi connectivity index (χ1) is 54.4. The molecule has 14 amide bonds. The van der Waals surface area contributed by atoms with E-state index in [0.717, 1.165) is 52.9 Å². The second-order valence-corrected chi connectivity index (χ2v) is 27.2. The van der Waals surface area contributed by atoms with Crippen LogP contribution in [0.15, 0.2) is 54.7 Å². The Labute approximate surface area is 657 Å². The molecule has 4 rings (SSSR count). The van der Waals surface area contributed by atoms with Gasteiger partial charge in [-0.1, -0.05) is 82.7 Å². The number of aromatic nitrogens is 1. The molecule has 0 aliphatic carbocycles. The van der Waals surface area contributed by atoms with Gasteiger partial charge in [-0.25, -0.2) is 4.79 Å². The zero-order valence-corrected chi connectivity index (χ0v) is 63.6. The minimum Gasteiger partial charge on any atom is -0.481 e. The highest BCUT2D eigenvalue weighted by Crippen LogP contribution is 2.22. The predicted molar refractivity (Wildman–Crippen MR) is 400 cm³/mol. The molecule has 25 N–H and O–H groups in total. The first-order valence-corrected chi connectivity index (χ1v) is 36.8. The normalized spacial score (nSPS) is 21.2. The number of rotatable bonds is 35. The third-order valence-electron chi connectivity index (χ3n) is 17.9.